The zero-order valence-corrected chi connectivity index (χ0v) is 16.2. The maximum atomic E-state index is 12.0. The summed E-state index contributed by atoms with van der Waals surface area (Å²) in [5.74, 6) is 0.591. The van der Waals surface area contributed by atoms with Gasteiger partial charge in [0.1, 0.15) is 25.2 Å². The van der Waals surface area contributed by atoms with Crippen LogP contribution in [0.2, 0.25) is 0 Å². The average Bonchev–Trinajstić information content (AvgIpc) is 2.95. The van der Waals surface area contributed by atoms with E-state index in [4.69, 9.17) is 39.5 Å². The first-order valence-electron chi connectivity index (χ1n) is 7.52. The molecule has 2 aromatic heterocycles. The number of aromatic nitrogens is 3. The van der Waals surface area contributed by atoms with Crippen molar-refractivity contribution in [1.82, 2.24) is 19.9 Å². The van der Waals surface area contributed by atoms with Crippen LogP contribution in [0, 0.1) is 17.0 Å². The molecular weight excluding hydrogens is 423 g/mol. The third-order valence-corrected chi connectivity index (χ3v) is 3.97. The topological polar surface area (TPSA) is 124 Å². The minimum atomic E-state index is -1.89. The van der Waals surface area contributed by atoms with E-state index in [-0.39, 0.29) is 19.0 Å². The first kappa shape index (κ1) is 21.0. The Kier molecular flexibility index (Phi) is 7.05. The van der Waals surface area contributed by atoms with Crippen LogP contribution in [0.25, 0.3) is 0 Å². The number of carbonyl (C=O) groups is 1. The number of anilines is 1. The van der Waals surface area contributed by atoms with Gasteiger partial charge >= 0.3 is 11.9 Å². The molecule has 1 atom stereocenters. The summed E-state index contributed by atoms with van der Waals surface area (Å²) in [6, 6.07) is 5.04. The molecule has 2 rings (SSSR count). The Hall–Kier alpha value is -2.30. The Balaban J connectivity index is 1.92. The van der Waals surface area contributed by atoms with Crippen LogP contribution in [-0.4, -0.2) is 42.1 Å². The van der Waals surface area contributed by atoms with Crippen LogP contribution in [0.4, 0.5) is 16.4 Å². The third kappa shape index (κ3) is 6.12. The van der Waals surface area contributed by atoms with Crippen molar-refractivity contribution in [3.63, 3.8) is 0 Å². The highest BCUT2D eigenvalue weighted by Gasteiger charge is 2.34. The standard InChI is InChI=1S/C14H15Cl3N6O4/c1-9-19-8-11(23(25)26)22(9)6-7-27-13(24)21-12(14(15,16)17)20-10-4-2-3-5-18-10/h2-5,8,12H,6-7H2,1H3,(H,18,20)(H,21,24)/t12-/m1/s1. The van der Waals surface area contributed by atoms with Gasteiger partial charge in [-0.05, 0) is 17.1 Å². The number of nitro groups is 1. The smallest absolute Gasteiger partial charge is 0.409 e. The lowest BCUT2D eigenvalue weighted by molar-refractivity contribution is -0.392. The van der Waals surface area contributed by atoms with Crippen molar-refractivity contribution >= 4 is 52.5 Å². The van der Waals surface area contributed by atoms with Crippen LogP contribution in [0.3, 0.4) is 0 Å². The summed E-state index contributed by atoms with van der Waals surface area (Å²) in [6.07, 6.45) is 0.644. The van der Waals surface area contributed by atoms with Crippen LogP contribution in [0.5, 0.6) is 0 Å². The number of rotatable bonds is 7. The average molecular weight is 438 g/mol. The van der Waals surface area contributed by atoms with Gasteiger partial charge in [0.2, 0.25) is 3.79 Å². The molecule has 0 aliphatic carbocycles. The molecule has 0 radical (unpaired) electrons. The Labute approximate surface area is 168 Å². The fraction of sp³-hybridized carbons (Fsp3) is 0.357. The number of ether oxygens (including phenoxy) is 1. The highest BCUT2D eigenvalue weighted by Crippen LogP contribution is 2.30. The van der Waals surface area contributed by atoms with Gasteiger partial charge in [-0.15, -0.1) is 0 Å². The van der Waals surface area contributed by atoms with Gasteiger partial charge in [-0.1, -0.05) is 40.9 Å². The van der Waals surface area contributed by atoms with Crippen LogP contribution in [0.15, 0.2) is 30.6 Å². The molecule has 0 bridgehead atoms. The molecule has 1 amide bonds. The predicted octanol–water partition coefficient (Wildman–Crippen LogP) is 3.03. The van der Waals surface area contributed by atoms with Gasteiger partial charge in [0, 0.05) is 13.1 Å². The molecule has 0 saturated carbocycles. The molecule has 2 aromatic rings. The second-order valence-corrected chi connectivity index (χ2v) is 7.56. The number of nitrogens with zero attached hydrogens (tertiary/aromatic N) is 4. The van der Waals surface area contributed by atoms with E-state index >= 15 is 0 Å². The molecule has 2 heterocycles. The van der Waals surface area contributed by atoms with Crippen LogP contribution in [0.1, 0.15) is 5.82 Å². The summed E-state index contributed by atoms with van der Waals surface area (Å²) in [4.78, 5) is 30.2. The Morgan fingerprint density at radius 3 is 2.74 bits per heavy atom. The summed E-state index contributed by atoms with van der Waals surface area (Å²) in [6.45, 7) is 1.49. The lowest BCUT2D eigenvalue weighted by Crippen LogP contribution is -2.49. The summed E-state index contributed by atoms with van der Waals surface area (Å²) in [5, 5.41) is 16.1. The van der Waals surface area contributed by atoms with Crippen LogP contribution >= 0.6 is 34.8 Å². The summed E-state index contributed by atoms with van der Waals surface area (Å²) >= 11 is 17.6. The zero-order valence-electron chi connectivity index (χ0n) is 13.9. The monoisotopic (exact) mass is 436 g/mol. The number of aryl methyl sites for hydroxylation is 1. The fourth-order valence-corrected chi connectivity index (χ4v) is 2.39. The van der Waals surface area contributed by atoms with Crippen molar-refractivity contribution in [2.45, 2.75) is 23.4 Å². The van der Waals surface area contributed by atoms with Gasteiger partial charge < -0.3 is 20.2 Å². The van der Waals surface area contributed by atoms with Gasteiger partial charge in [-0.3, -0.25) is 5.32 Å². The maximum absolute atomic E-state index is 12.0. The molecule has 146 valence electrons. The van der Waals surface area contributed by atoms with Gasteiger partial charge in [-0.2, -0.15) is 0 Å². The van der Waals surface area contributed by atoms with Crippen molar-refractivity contribution in [1.29, 1.82) is 0 Å². The minimum absolute atomic E-state index is 0.0433. The number of amides is 1. The molecule has 2 N–H and O–H groups in total. The number of carbonyl (C=O) groups excluding carboxylic acids is 1. The molecular formula is C14H15Cl3N6O4. The largest absolute Gasteiger partial charge is 0.445 e. The van der Waals surface area contributed by atoms with Crippen molar-refractivity contribution in [3.05, 3.63) is 46.5 Å². The predicted molar refractivity (Wildman–Crippen MR) is 100 cm³/mol. The summed E-state index contributed by atoms with van der Waals surface area (Å²) in [5.41, 5.74) is 0. The number of halogens is 3. The molecule has 0 fully saturated rings. The highest BCUT2D eigenvalue weighted by molar-refractivity contribution is 6.68. The Morgan fingerprint density at radius 2 is 2.15 bits per heavy atom. The number of hydrogen-bond donors (Lipinski definition) is 2. The zero-order chi connectivity index (χ0) is 20.0. The van der Waals surface area contributed by atoms with Crippen molar-refractivity contribution in [3.8, 4) is 0 Å². The molecule has 0 unspecified atom stereocenters. The normalized spacial score (nSPS) is 12.3. The molecule has 0 aliphatic rings. The van der Waals surface area contributed by atoms with E-state index in [2.05, 4.69) is 20.6 Å². The van der Waals surface area contributed by atoms with Gasteiger partial charge in [0.25, 0.3) is 0 Å². The van der Waals surface area contributed by atoms with E-state index in [0.29, 0.717) is 11.6 Å². The number of imidazole rings is 1. The molecule has 0 saturated heterocycles. The maximum Gasteiger partial charge on any atom is 0.409 e. The van der Waals surface area contributed by atoms with E-state index in [0.717, 1.165) is 6.20 Å². The van der Waals surface area contributed by atoms with E-state index in [9.17, 15) is 14.9 Å². The van der Waals surface area contributed by atoms with Crippen molar-refractivity contribution < 1.29 is 14.5 Å². The van der Waals surface area contributed by atoms with Crippen molar-refractivity contribution in [2.24, 2.45) is 0 Å². The first-order chi connectivity index (χ1) is 12.7. The lowest BCUT2D eigenvalue weighted by Gasteiger charge is -2.26. The molecule has 0 aromatic carbocycles. The number of nitrogens with one attached hydrogen (secondary N) is 2. The number of hydrogen-bond acceptors (Lipinski definition) is 7. The molecule has 0 aliphatic heterocycles. The van der Waals surface area contributed by atoms with Crippen molar-refractivity contribution in [2.75, 3.05) is 11.9 Å². The minimum Gasteiger partial charge on any atom is -0.445 e. The molecule has 0 spiro atoms. The third-order valence-electron chi connectivity index (χ3n) is 3.32. The number of alkyl carbamates (subject to hydrolysis) is 1. The lowest BCUT2D eigenvalue weighted by atomic mass is 10.4. The molecule has 13 heteroatoms. The van der Waals surface area contributed by atoms with Gasteiger partial charge in [0.05, 0.1) is 0 Å². The van der Waals surface area contributed by atoms with Gasteiger partial charge in [0.15, 0.2) is 12.0 Å². The second kappa shape index (κ2) is 9.07. The molecule has 10 nitrogen and oxygen atoms in total. The van der Waals surface area contributed by atoms with E-state index in [1.807, 2.05) is 0 Å². The SMILES string of the molecule is Cc1ncc([N+](=O)[O-])n1CCOC(=O)N[C@@H](Nc1ccccn1)C(Cl)(Cl)Cl. The van der Waals surface area contributed by atoms with E-state index in [1.165, 1.54) is 10.8 Å². The summed E-state index contributed by atoms with van der Waals surface area (Å²) in [7, 11) is 0. The highest BCUT2D eigenvalue weighted by atomic mass is 35.6. The first-order valence-corrected chi connectivity index (χ1v) is 8.66. The van der Waals surface area contributed by atoms with Gasteiger partial charge in [-0.25, -0.2) is 19.3 Å². The quantitative estimate of drug-likeness (QED) is 0.295. The fourth-order valence-electron chi connectivity index (χ4n) is 2.06. The van der Waals surface area contributed by atoms with E-state index in [1.54, 1.807) is 25.1 Å². The summed E-state index contributed by atoms with van der Waals surface area (Å²) < 4.78 is 4.43. The number of pyridine rings is 1. The van der Waals surface area contributed by atoms with Crippen LogP contribution in [-0.2, 0) is 11.3 Å². The van der Waals surface area contributed by atoms with E-state index < -0.39 is 21.0 Å². The van der Waals surface area contributed by atoms with Crippen LogP contribution < -0.4 is 10.6 Å². The second-order valence-electron chi connectivity index (χ2n) is 5.19. The Morgan fingerprint density at radius 1 is 1.41 bits per heavy atom. The Bertz CT molecular complexity index is 796. The molecule has 27 heavy (non-hydrogen) atoms. The number of alkyl halides is 3.